The molecule has 0 aliphatic carbocycles. The van der Waals surface area contributed by atoms with E-state index >= 15 is 0 Å². The van der Waals surface area contributed by atoms with Crippen LogP contribution < -0.4 is 10.1 Å². The summed E-state index contributed by atoms with van der Waals surface area (Å²) in [7, 11) is 0. The fourth-order valence-electron chi connectivity index (χ4n) is 3.71. The molecule has 0 fully saturated rings. The maximum absolute atomic E-state index is 12.5. The van der Waals surface area contributed by atoms with E-state index in [9.17, 15) is 4.79 Å². The van der Waals surface area contributed by atoms with Gasteiger partial charge in [0, 0.05) is 24.2 Å². The molecule has 2 aromatic heterocycles. The van der Waals surface area contributed by atoms with E-state index in [0.29, 0.717) is 24.7 Å². The number of amides is 1. The highest BCUT2D eigenvalue weighted by atomic mass is 16.5. The summed E-state index contributed by atoms with van der Waals surface area (Å²) in [6, 6.07) is 19.2. The van der Waals surface area contributed by atoms with E-state index in [1.165, 1.54) is 5.56 Å². The van der Waals surface area contributed by atoms with Crippen LogP contribution >= 0.6 is 0 Å². The predicted molar refractivity (Wildman–Crippen MR) is 114 cm³/mol. The molecule has 0 radical (unpaired) electrons. The highest BCUT2D eigenvalue weighted by molar-refractivity contribution is 5.92. The van der Waals surface area contributed by atoms with Gasteiger partial charge in [-0.3, -0.25) is 9.78 Å². The van der Waals surface area contributed by atoms with Crippen LogP contribution in [-0.2, 0) is 17.8 Å². The van der Waals surface area contributed by atoms with Gasteiger partial charge in [-0.2, -0.15) is 0 Å². The second-order valence-corrected chi connectivity index (χ2v) is 7.34. The largest absolute Gasteiger partial charge is 0.486 e. The Morgan fingerprint density at radius 2 is 2.06 bits per heavy atom. The van der Waals surface area contributed by atoms with Gasteiger partial charge < -0.3 is 19.3 Å². The summed E-state index contributed by atoms with van der Waals surface area (Å²) in [6.45, 7) is 1.19. The average molecular weight is 415 g/mol. The van der Waals surface area contributed by atoms with Gasteiger partial charge in [0.15, 0.2) is 11.5 Å². The highest BCUT2D eigenvalue weighted by Gasteiger charge is 2.22. The van der Waals surface area contributed by atoms with Gasteiger partial charge in [0.25, 0.3) is 5.91 Å². The van der Waals surface area contributed by atoms with Crippen molar-refractivity contribution in [1.29, 1.82) is 0 Å². The van der Waals surface area contributed by atoms with Crippen molar-refractivity contribution in [2.75, 3.05) is 13.2 Å². The van der Waals surface area contributed by atoms with Gasteiger partial charge in [0.1, 0.15) is 18.5 Å². The standard InChI is InChI=1S/C24H21N3O4/c28-24(26-14-23-20-6-2-1-4-16(20)9-11-29-23)22-13-19(31-27-22)15-30-18-7-8-21-17(12-18)5-3-10-25-21/h1-8,10,12-13,23H,9,11,14-15H2,(H,26,28)/t23-/m0/s1. The zero-order valence-corrected chi connectivity index (χ0v) is 16.8. The molecule has 156 valence electrons. The molecule has 0 bridgehead atoms. The first kappa shape index (κ1) is 19.3. The van der Waals surface area contributed by atoms with Crippen LogP contribution in [0.4, 0.5) is 0 Å². The van der Waals surface area contributed by atoms with Crippen molar-refractivity contribution in [3.05, 3.63) is 89.4 Å². The van der Waals surface area contributed by atoms with E-state index < -0.39 is 0 Å². The lowest BCUT2D eigenvalue weighted by Crippen LogP contribution is -2.32. The van der Waals surface area contributed by atoms with Gasteiger partial charge in [-0.25, -0.2) is 0 Å². The molecule has 7 heteroatoms. The van der Waals surface area contributed by atoms with Gasteiger partial charge in [-0.05, 0) is 41.8 Å². The van der Waals surface area contributed by atoms with Gasteiger partial charge in [0.05, 0.1) is 12.1 Å². The molecule has 0 saturated heterocycles. The van der Waals surface area contributed by atoms with Gasteiger partial charge >= 0.3 is 0 Å². The van der Waals surface area contributed by atoms with Crippen molar-refractivity contribution in [3.63, 3.8) is 0 Å². The summed E-state index contributed by atoms with van der Waals surface area (Å²) in [5.41, 5.74) is 3.50. The molecule has 31 heavy (non-hydrogen) atoms. The van der Waals surface area contributed by atoms with Crippen LogP contribution in [0.25, 0.3) is 10.9 Å². The quantitative estimate of drug-likeness (QED) is 0.515. The molecule has 7 nitrogen and oxygen atoms in total. The predicted octanol–water partition coefficient (Wildman–Crippen LogP) is 3.85. The van der Waals surface area contributed by atoms with Crippen LogP contribution in [0, 0.1) is 0 Å². The summed E-state index contributed by atoms with van der Waals surface area (Å²) in [4.78, 5) is 16.8. The second kappa shape index (κ2) is 8.57. The lowest BCUT2D eigenvalue weighted by atomic mass is 9.97. The Labute approximate surface area is 179 Å². The molecule has 5 rings (SSSR count). The second-order valence-electron chi connectivity index (χ2n) is 7.34. The number of pyridine rings is 1. The summed E-state index contributed by atoms with van der Waals surface area (Å²) < 4.78 is 16.9. The minimum atomic E-state index is -0.307. The first-order chi connectivity index (χ1) is 15.3. The number of carbonyl (C=O) groups is 1. The molecule has 1 amide bonds. The lowest BCUT2D eigenvalue weighted by Gasteiger charge is -2.26. The third-order valence-corrected chi connectivity index (χ3v) is 5.29. The third-order valence-electron chi connectivity index (χ3n) is 5.29. The maximum Gasteiger partial charge on any atom is 0.273 e. The third kappa shape index (κ3) is 4.27. The van der Waals surface area contributed by atoms with Crippen LogP contribution in [0.3, 0.4) is 0 Å². The van der Waals surface area contributed by atoms with Crippen LogP contribution in [0.2, 0.25) is 0 Å². The molecule has 0 spiro atoms. The molecule has 4 aromatic rings. The van der Waals surface area contributed by atoms with Gasteiger partial charge in [-0.1, -0.05) is 35.5 Å². The van der Waals surface area contributed by atoms with Crippen molar-refractivity contribution in [1.82, 2.24) is 15.5 Å². The van der Waals surface area contributed by atoms with Crippen molar-refractivity contribution in [2.45, 2.75) is 19.1 Å². The molecule has 2 aromatic carbocycles. The van der Waals surface area contributed by atoms with Crippen molar-refractivity contribution >= 4 is 16.8 Å². The number of carbonyl (C=O) groups excluding carboxylic acids is 1. The zero-order chi connectivity index (χ0) is 21.0. The molecule has 0 saturated carbocycles. The first-order valence-corrected chi connectivity index (χ1v) is 10.2. The number of ether oxygens (including phenoxy) is 2. The van der Waals surface area contributed by atoms with E-state index in [4.69, 9.17) is 14.0 Å². The molecule has 1 aliphatic rings. The normalized spacial score (nSPS) is 15.4. The Morgan fingerprint density at radius 3 is 3.03 bits per heavy atom. The number of hydrogen-bond donors (Lipinski definition) is 1. The van der Waals surface area contributed by atoms with Crippen LogP contribution in [0.5, 0.6) is 5.75 Å². The number of aromatic nitrogens is 2. The molecule has 0 unspecified atom stereocenters. The number of fused-ring (bicyclic) bond motifs is 2. The molecule has 1 aliphatic heterocycles. The smallest absolute Gasteiger partial charge is 0.273 e. The summed E-state index contributed by atoms with van der Waals surface area (Å²) in [5.74, 6) is 0.852. The fraction of sp³-hybridized carbons (Fsp3) is 0.208. The Hall–Kier alpha value is -3.71. The van der Waals surface area contributed by atoms with Crippen LogP contribution in [0.15, 0.2) is 71.4 Å². The minimum Gasteiger partial charge on any atom is -0.486 e. The highest BCUT2D eigenvalue weighted by Crippen LogP contribution is 2.26. The topological polar surface area (TPSA) is 86.5 Å². The Bertz CT molecular complexity index is 1220. The zero-order valence-electron chi connectivity index (χ0n) is 16.8. The van der Waals surface area contributed by atoms with Crippen molar-refractivity contribution in [2.24, 2.45) is 0 Å². The SMILES string of the molecule is O=C(NC[C@@H]1OCCc2ccccc21)c1cc(COc2ccc3ncccc3c2)on1. The van der Waals surface area contributed by atoms with Crippen molar-refractivity contribution in [3.8, 4) is 5.75 Å². The Balaban J connectivity index is 1.18. The average Bonchev–Trinajstić information content (AvgIpc) is 3.30. The number of benzene rings is 2. The maximum atomic E-state index is 12.5. The molecule has 3 heterocycles. The number of rotatable bonds is 6. The Kier molecular flexibility index (Phi) is 5.33. The molecule has 1 N–H and O–H groups in total. The van der Waals surface area contributed by atoms with Crippen molar-refractivity contribution < 1.29 is 18.8 Å². The molecular formula is C24H21N3O4. The van der Waals surface area contributed by atoms with Crippen LogP contribution in [-0.4, -0.2) is 29.2 Å². The van der Waals surface area contributed by atoms with E-state index in [1.807, 2.05) is 48.5 Å². The monoisotopic (exact) mass is 415 g/mol. The van der Waals surface area contributed by atoms with Gasteiger partial charge in [0.2, 0.25) is 0 Å². The fourth-order valence-corrected chi connectivity index (χ4v) is 3.71. The molecule has 1 atom stereocenters. The number of hydrogen-bond acceptors (Lipinski definition) is 6. The first-order valence-electron chi connectivity index (χ1n) is 10.2. The lowest BCUT2D eigenvalue weighted by molar-refractivity contribution is 0.0410. The van der Waals surface area contributed by atoms with Gasteiger partial charge in [-0.15, -0.1) is 0 Å². The summed E-state index contributed by atoms with van der Waals surface area (Å²) in [6.07, 6.45) is 2.48. The Morgan fingerprint density at radius 1 is 1.13 bits per heavy atom. The number of nitrogens with zero attached hydrogens (tertiary/aromatic N) is 2. The van der Waals surface area contributed by atoms with E-state index in [2.05, 4.69) is 21.5 Å². The molecular weight excluding hydrogens is 394 g/mol. The van der Waals surface area contributed by atoms with E-state index in [-0.39, 0.29) is 24.3 Å². The van der Waals surface area contributed by atoms with Crippen LogP contribution in [0.1, 0.15) is 33.5 Å². The van der Waals surface area contributed by atoms with E-state index in [1.54, 1.807) is 12.3 Å². The van der Waals surface area contributed by atoms with E-state index in [0.717, 1.165) is 22.9 Å². The summed E-state index contributed by atoms with van der Waals surface area (Å²) >= 11 is 0. The minimum absolute atomic E-state index is 0.161. The summed E-state index contributed by atoms with van der Waals surface area (Å²) in [5, 5.41) is 7.74. The number of nitrogens with one attached hydrogen (secondary N) is 1.